The van der Waals surface area contributed by atoms with Gasteiger partial charge in [-0.3, -0.25) is 0 Å². The lowest BCUT2D eigenvalue weighted by molar-refractivity contribution is -0.0713. The first-order valence-electron chi connectivity index (χ1n) is 11.0. The molecule has 1 heterocycles. The summed E-state index contributed by atoms with van der Waals surface area (Å²) in [4.78, 5) is 0. The van der Waals surface area contributed by atoms with Crippen LogP contribution in [0.5, 0.6) is 0 Å². The third-order valence-corrected chi connectivity index (χ3v) is 10.6. The van der Waals surface area contributed by atoms with Gasteiger partial charge in [-0.1, -0.05) is 88.0 Å². The molecule has 0 N–H and O–H groups in total. The Kier molecular flexibility index (Phi) is 7.76. The van der Waals surface area contributed by atoms with E-state index < -0.39 is 8.32 Å². The second-order valence-electron chi connectivity index (χ2n) is 9.68. The largest absolute Gasteiger partial charge is 0.487 e. The number of benzene rings is 2. The van der Waals surface area contributed by atoms with Crippen LogP contribution in [0.2, 0.25) is 18.1 Å². The summed E-state index contributed by atoms with van der Waals surface area (Å²) in [6.45, 7) is 16.8. The van der Waals surface area contributed by atoms with Crippen molar-refractivity contribution in [2.45, 2.75) is 70.4 Å². The molecule has 168 valence electrons. The van der Waals surface area contributed by atoms with E-state index in [1.54, 1.807) is 0 Å². The van der Waals surface area contributed by atoms with Crippen molar-refractivity contribution < 1.29 is 18.6 Å². The van der Waals surface area contributed by atoms with Gasteiger partial charge in [0.05, 0.1) is 19.8 Å². The maximum absolute atomic E-state index is 6.71. The van der Waals surface area contributed by atoms with Crippen molar-refractivity contribution in [3.8, 4) is 0 Å². The van der Waals surface area contributed by atoms with Gasteiger partial charge in [0.25, 0.3) is 0 Å². The molecule has 0 aromatic heterocycles. The molecule has 3 atom stereocenters. The van der Waals surface area contributed by atoms with Crippen molar-refractivity contribution in [2.24, 2.45) is 0 Å². The normalized spacial score (nSPS) is 21.8. The molecule has 0 saturated carbocycles. The standard InChI is InChI=1S/C26H36O4Si/c1-20-24(30-31(5,6)26(2,3)4)25(28-18-22-15-11-8-12-16-22)23(29-20)19-27-17-21-13-9-7-10-14-21/h7-16,23-25H,1,17-19H2,2-6H3/t23-,24+,25+/m1/s1. The zero-order valence-corrected chi connectivity index (χ0v) is 20.5. The fourth-order valence-electron chi connectivity index (χ4n) is 3.29. The highest BCUT2D eigenvalue weighted by atomic mass is 28.4. The van der Waals surface area contributed by atoms with Gasteiger partial charge >= 0.3 is 0 Å². The van der Waals surface area contributed by atoms with Gasteiger partial charge in [0, 0.05) is 0 Å². The minimum atomic E-state index is -2.04. The van der Waals surface area contributed by atoms with Gasteiger partial charge in [-0.15, -0.1) is 0 Å². The van der Waals surface area contributed by atoms with E-state index in [4.69, 9.17) is 18.6 Å². The Balaban J connectivity index is 1.70. The number of rotatable bonds is 9. The molecular weight excluding hydrogens is 404 g/mol. The first-order chi connectivity index (χ1) is 14.7. The maximum Gasteiger partial charge on any atom is 0.193 e. The van der Waals surface area contributed by atoms with Crippen LogP contribution in [0.1, 0.15) is 31.9 Å². The monoisotopic (exact) mass is 440 g/mol. The van der Waals surface area contributed by atoms with E-state index in [-0.39, 0.29) is 23.4 Å². The van der Waals surface area contributed by atoms with Crippen molar-refractivity contribution >= 4 is 8.32 Å². The molecule has 0 spiro atoms. The summed E-state index contributed by atoms with van der Waals surface area (Å²) in [5.41, 5.74) is 2.25. The van der Waals surface area contributed by atoms with Crippen LogP contribution in [0.4, 0.5) is 0 Å². The highest BCUT2D eigenvalue weighted by Crippen LogP contribution is 2.41. The topological polar surface area (TPSA) is 36.9 Å². The fourth-order valence-corrected chi connectivity index (χ4v) is 4.55. The highest BCUT2D eigenvalue weighted by Gasteiger charge is 2.48. The van der Waals surface area contributed by atoms with Gasteiger partial charge in [-0.25, -0.2) is 0 Å². The third-order valence-electron chi connectivity index (χ3n) is 6.19. The zero-order valence-electron chi connectivity index (χ0n) is 19.5. The molecule has 0 aliphatic carbocycles. The molecule has 0 unspecified atom stereocenters. The van der Waals surface area contributed by atoms with Gasteiger partial charge in [0.1, 0.15) is 18.0 Å². The lowest BCUT2D eigenvalue weighted by atomic mass is 10.1. The average Bonchev–Trinajstić information content (AvgIpc) is 3.01. The van der Waals surface area contributed by atoms with E-state index >= 15 is 0 Å². The van der Waals surface area contributed by atoms with E-state index in [1.807, 2.05) is 36.4 Å². The summed E-state index contributed by atoms with van der Waals surface area (Å²) < 4.78 is 25.2. The van der Waals surface area contributed by atoms with E-state index in [0.29, 0.717) is 25.6 Å². The molecule has 3 rings (SSSR count). The third kappa shape index (κ3) is 6.29. The SMILES string of the molecule is C=C1O[C@H](COCc2ccccc2)[C@H](OCc2ccccc2)[C@H]1O[Si](C)(C)C(C)(C)C. The predicted octanol–water partition coefficient (Wildman–Crippen LogP) is 6.09. The molecule has 2 aromatic rings. The molecule has 0 radical (unpaired) electrons. The quantitative estimate of drug-likeness (QED) is 0.442. The van der Waals surface area contributed by atoms with Crippen LogP contribution in [-0.4, -0.2) is 33.2 Å². The Labute approximate surface area is 188 Å². The molecule has 1 aliphatic rings. The van der Waals surface area contributed by atoms with Crippen molar-refractivity contribution in [3.05, 3.63) is 84.1 Å². The van der Waals surface area contributed by atoms with Gasteiger partial charge in [0.2, 0.25) is 0 Å². The van der Waals surface area contributed by atoms with Crippen LogP contribution in [0.3, 0.4) is 0 Å². The summed E-state index contributed by atoms with van der Waals surface area (Å²) in [7, 11) is -2.04. The van der Waals surface area contributed by atoms with E-state index in [9.17, 15) is 0 Å². The highest BCUT2D eigenvalue weighted by molar-refractivity contribution is 6.74. The minimum Gasteiger partial charge on any atom is -0.487 e. The van der Waals surface area contributed by atoms with Crippen molar-refractivity contribution in [2.75, 3.05) is 6.61 Å². The number of hydrogen-bond donors (Lipinski definition) is 0. The number of ether oxygens (including phenoxy) is 3. The van der Waals surface area contributed by atoms with Crippen LogP contribution in [-0.2, 0) is 31.9 Å². The van der Waals surface area contributed by atoms with Crippen molar-refractivity contribution in [1.29, 1.82) is 0 Å². The lowest BCUT2D eigenvalue weighted by Gasteiger charge is -2.39. The van der Waals surface area contributed by atoms with Crippen molar-refractivity contribution in [1.82, 2.24) is 0 Å². The van der Waals surface area contributed by atoms with Crippen LogP contribution >= 0.6 is 0 Å². The second kappa shape index (κ2) is 10.1. The Morgan fingerprint density at radius 1 is 0.903 bits per heavy atom. The Morgan fingerprint density at radius 3 is 2.00 bits per heavy atom. The van der Waals surface area contributed by atoms with Crippen LogP contribution in [0.15, 0.2) is 73.0 Å². The average molecular weight is 441 g/mol. The lowest BCUT2D eigenvalue weighted by Crippen LogP contribution is -2.48. The summed E-state index contributed by atoms with van der Waals surface area (Å²) in [6, 6.07) is 20.3. The predicted molar refractivity (Wildman–Crippen MR) is 127 cm³/mol. The summed E-state index contributed by atoms with van der Waals surface area (Å²) >= 11 is 0. The van der Waals surface area contributed by atoms with Gasteiger partial charge in [0.15, 0.2) is 14.4 Å². The molecular formula is C26H36O4Si. The molecule has 1 fully saturated rings. The Morgan fingerprint density at radius 2 is 1.45 bits per heavy atom. The Hall–Kier alpha value is -1.92. The van der Waals surface area contributed by atoms with Crippen LogP contribution in [0, 0.1) is 0 Å². The van der Waals surface area contributed by atoms with Gasteiger partial charge < -0.3 is 18.6 Å². The summed E-state index contributed by atoms with van der Waals surface area (Å²) in [5.74, 6) is 0.635. The molecule has 31 heavy (non-hydrogen) atoms. The van der Waals surface area contributed by atoms with Gasteiger partial charge in [-0.2, -0.15) is 0 Å². The van der Waals surface area contributed by atoms with E-state index in [0.717, 1.165) is 11.1 Å². The van der Waals surface area contributed by atoms with Gasteiger partial charge in [-0.05, 0) is 29.3 Å². The maximum atomic E-state index is 6.71. The molecule has 0 bridgehead atoms. The first-order valence-corrected chi connectivity index (χ1v) is 13.9. The van der Waals surface area contributed by atoms with Crippen LogP contribution in [0.25, 0.3) is 0 Å². The molecule has 2 aromatic carbocycles. The molecule has 0 amide bonds. The fraction of sp³-hybridized carbons (Fsp3) is 0.462. The smallest absolute Gasteiger partial charge is 0.193 e. The van der Waals surface area contributed by atoms with Crippen molar-refractivity contribution in [3.63, 3.8) is 0 Å². The summed E-state index contributed by atoms with van der Waals surface area (Å²) in [6.07, 6.45) is -0.817. The Bertz CT molecular complexity index is 829. The summed E-state index contributed by atoms with van der Waals surface area (Å²) in [5, 5.41) is 0.0825. The number of hydrogen-bond acceptors (Lipinski definition) is 4. The second-order valence-corrected chi connectivity index (χ2v) is 14.4. The molecule has 4 nitrogen and oxygen atoms in total. The molecule has 5 heteroatoms. The van der Waals surface area contributed by atoms with E-state index in [1.165, 1.54) is 0 Å². The minimum absolute atomic E-state index is 0.0825. The zero-order chi connectivity index (χ0) is 22.5. The van der Waals surface area contributed by atoms with Crippen LogP contribution < -0.4 is 0 Å². The molecule has 1 aliphatic heterocycles. The molecule has 1 saturated heterocycles. The first kappa shape index (κ1) is 23.7. The van der Waals surface area contributed by atoms with E-state index in [2.05, 4.69) is 64.7 Å².